The lowest BCUT2D eigenvalue weighted by Crippen LogP contribution is -2.48. The molecule has 0 spiro atoms. The van der Waals surface area contributed by atoms with E-state index in [1.807, 2.05) is 6.07 Å². The summed E-state index contributed by atoms with van der Waals surface area (Å²) in [5.74, 6) is 0.0595. The van der Waals surface area contributed by atoms with Crippen LogP contribution in [0.1, 0.15) is 31.9 Å². The third-order valence-electron chi connectivity index (χ3n) is 4.43. The third-order valence-corrected chi connectivity index (χ3v) is 4.43. The molecule has 3 nitrogen and oxygen atoms in total. The minimum Gasteiger partial charge on any atom is -0.324 e. The van der Waals surface area contributed by atoms with Gasteiger partial charge in [0.15, 0.2) is 0 Å². The Hall–Kier alpha value is -0.970. The molecule has 1 aromatic carbocycles. The molecule has 2 atom stereocenters. The molecule has 1 aromatic rings. The number of piperazine rings is 1. The predicted octanol–water partition coefficient (Wildman–Crippen LogP) is 2.49. The molecule has 0 aromatic heterocycles. The molecule has 2 N–H and O–H groups in total. The molecule has 0 radical (unpaired) electrons. The van der Waals surface area contributed by atoms with Crippen molar-refractivity contribution in [1.29, 1.82) is 0 Å². The summed E-state index contributed by atoms with van der Waals surface area (Å²) < 4.78 is 13.8. The number of hydrogen-bond acceptors (Lipinski definition) is 3. The zero-order valence-corrected chi connectivity index (χ0v) is 13.3. The minimum atomic E-state index is -0.236. The summed E-state index contributed by atoms with van der Waals surface area (Å²) in [4.78, 5) is 4.97. The van der Waals surface area contributed by atoms with Gasteiger partial charge >= 0.3 is 0 Å². The number of nitrogens with two attached hydrogens (primary N) is 1. The van der Waals surface area contributed by atoms with Gasteiger partial charge in [-0.25, -0.2) is 4.39 Å². The molecule has 1 fully saturated rings. The van der Waals surface area contributed by atoms with Crippen molar-refractivity contribution in [1.82, 2.24) is 9.80 Å². The maximum absolute atomic E-state index is 13.8. The Morgan fingerprint density at radius 2 is 1.76 bits per heavy atom. The first-order chi connectivity index (χ1) is 10.1. The highest BCUT2D eigenvalue weighted by Crippen LogP contribution is 2.23. The summed E-state index contributed by atoms with van der Waals surface area (Å²) in [6, 6.07) is 6.62. The van der Waals surface area contributed by atoms with Gasteiger partial charge in [-0.05, 0) is 24.9 Å². The first-order valence-corrected chi connectivity index (χ1v) is 8.06. The molecular weight excluding hydrogens is 265 g/mol. The van der Waals surface area contributed by atoms with Crippen LogP contribution in [0.3, 0.4) is 0 Å². The largest absolute Gasteiger partial charge is 0.324 e. The quantitative estimate of drug-likeness (QED) is 0.874. The van der Waals surface area contributed by atoms with E-state index in [9.17, 15) is 4.39 Å². The van der Waals surface area contributed by atoms with E-state index in [1.165, 1.54) is 19.0 Å². The van der Waals surface area contributed by atoms with Crippen LogP contribution in [0.15, 0.2) is 24.3 Å². The molecule has 0 aliphatic carbocycles. The standard InChI is InChI=1S/C17H28FN3/c1-3-8-20-9-11-21(12-10-20)13-14(2)17(19)15-6-4-5-7-16(15)18/h4-7,14,17H,3,8-13,19H2,1-2H3. The highest BCUT2D eigenvalue weighted by atomic mass is 19.1. The van der Waals surface area contributed by atoms with Gasteiger partial charge in [-0.3, -0.25) is 0 Å². The second-order valence-electron chi connectivity index (χ2n) is 6.17. The van der Waals surface area contributed by atoms with E-state index in [-0.39, 0.29) is 17.8 Å². The van der Waals surface area contributed by atoms with Crippen LogP contribution in [-0.4, -0.2) is 49.1 Å². The van der Waals surface area contributed by atoms with Gasteiger partial charge < -0.3 is 15.5 Å². The van der Waals surface area contributed by atoms with Crippen molar-refractivity contribution in [3.8, 4) is 0 Å². The van der Waals surface area contributed by atoms with Crippen molar-refractivity contribution in [2.24, 2.45) is 11.7 Å². The molecular formula is C17H28FN3. The first-order valence-electron chi connectivity index (χ1n) is 8.06. The molecule has 0 amide bonds. The highest BCUT2D eigenvalue weighted by Gasteiger charge is 2.23. The highest BCUT2D eigenvalue weighted by molar-refractivity contribution is 5.21. The predicted molar refractivity (Wildman–Crippen MR) is 85.7 cm³/mol. The van der Waals surface area contributed by atoms with Crippen LogP contribution in [0.2, 0.25) is 0 Å². The Labute approximate surface area is 127 Å². The summed E-state index contributed by atoms with van der Waals surface area (Å²) >= 11 is 0. The number of nitrogens with zero attached hydrogens (tertiary/aromatic N) is 2. The lowest BCUT2D eigenvalue weighted by Gasteiger charge is -2.36. The van der Waals surface area contributed by atoms with E-state index >= 15 is 0 Å². The molecule has 4 heteroatoms. The Balaban J connectivity index is 1.85. The van der Waals surface area contributed by atoms with Crippen LogP contribution in [0.4, 0.5) is 4.39 Å². The van der Waals surface area contributed by atoms with E-state index in [1.54, 1.807) is 12.1 Å². The van der Waals surface area contributed by atoms with Gasteiger partial charge in [0.25, 0.3) is 0 Å². The van der Waals surface area contributed by atoms with E-state index < -0.39 is 0 Å². The topological polar surface area (TPSA) is 32.5 Å². The van der Waals surface area contributed by atoms with E-state index in [4.69, 9.17) is 5.73 Å². The van der Waals surface area contributed by atoms with Crippen molar-refractivity contribution in [2.75, 3.05) is 39.3 Å². The average Bonchev–Trinajstić information content (AvgIpc) is 2.49. The summed E-state index contributed by atoms with van der Waals surface area (Å²) in [5.41, 5.74) is 6.89. The van der Waals surface area contributed by atoms with Crippen LogP contribution in [0.25, 0.3) is 0 Å². The SMILES string of the molecule is CCCN1CCN(CC(C)C(N)c2ccccc2F)CC1. The number of halogens is 1. The average molecular weight is 293 g/mol. The van der Waals surface area contributed by atoms with Crippen LogP contribution in [0, 0.1) is 11.7 Å². The van der Waals surface area contributed by atoms with Crippen LogP contribution < -0.4 is 5.73 Å². The zero-order valence-electron chi connectivity index (χ0n) is 13.3. The van der Waals surface area contributed by atoms with Crippen LogP contribution >= 0.6 is 0 Å². The molecule has 21 heavy (non-hydrogen) atoms. The Morgan fingerprint density at radius 1 is 1.14 bits per heavy atom. The van der Waals surface area contributed by atoms with Crippen molar-refractivity contribution in [2.45, 2.75) is 26.3 Å². The molecule has 2 rings (SSSR count). The number of hydrogen-bond donors (Lipinski definition) is 1. The molecule has 0 bridgehead atoms. The summed E-state index contributed by atoms with van der Waals surface area (Å²) in [6.07, 6.45) is 1.22. The fraction of sp³-hybridized carbons (Fsp3) is 0.647. The van der Waals surface area contributed by atoms with Crippen LogP contribution in [-0.2, 0) is 0 Å². The van der Waals surface area contributed by atoms with Crippen molar-refractivity contribution in [3.05, 3.63) is 35.6 Å². The van der Waals surface area contributed by atoms with Crippen LogP contribution in [0.5, 0.6) is 0 Å². The fourth-order valence-corrected chi connectivity index (χ4v) is 3.08. The van der Waals surface area contributed by atoms with Gasteiger partial charge in [0.1, 0.15) is 5.82 Å². The lowest BCUT2D eigenvalue weighted by atomic mass is 9.94. The fourth-order valence-electron chi connectivity index (χ4n) is 3.08. The Morgan fingerprint density at radius 3 is 2.38 bits per heavy atom. The van der Waals surface area contributed by atoms with Crippen molar-refractivity contribution in [3.63, 3.8) is 0 Å². The summed E-state index contributed by atoms with van der Waals surface area (Å²) in [7, 11) is 0. The Kier molecular flexibility index (Phi) is 6.15. The monoisotopic (exact) mass is 293 g/mol. The van der Waals surface area contributed by atoms with Crippen molar-refractivity contribution >= 4 is 0 Å². The molecule has 0 saturated carbocycles. The van der Waals surface area contributed by atoms with Crippen molar-refractivity contribution < 1.29 is 4.39 Å². The second kappa shape index (κ2) is 7.87. The molecule has 118 valence electrons. The van der Waals surface area contributed by atoms with Gasteiger partial charge in [-0.15, -0.1) is 0 Å². The molecule has 1 heterocycles. The maximum Gasteiger partial charge on any atom is 0.127 e. The smallest absolute Gasteiger partial charge is 0.127 e. The first kappa shape index (κ1) is 16.4. The summed E-state index contributed by atoms with van der Waals surface area (Å²) in [6.45, 7) is 10.9. The second-order valence-corrected chi connectivity index (χ2v) is 6.17. The van der Waals surface area contributed by atoms with E-state index in [2.05, 4.69) is 23.6 Å². The molecule has 1 saturated heterocycles. The normalized spacial score (nSPS) is 20.4. The van der Waals surface area contributed by atoms with E-state index in [0.29, 0.717) is 5.56 Å². The van der Waals surface area contributed by atoms with Gasteiger partial charge in [-0.1, -0.05) is 32.0 Å². The molecule has 1 aliphatic heterocycles. The number of benzene rings is 1. The lowest BCUT2D eigenvalue weighted by molar-refractivity contribution is 0.115. The van der Waals surface area contributed by atoms with E-state index in [0.717, 1.165) is 32.7 Å². The maximum atomic E-state index is 13.8. The van der Waals surface area contributed by atoms with Gasteiger partial charge in [0.2, 0.25) is 0 Å². The molecule has 2 unspecified atom stereocenters. The van der Waals surface area contributed by atoms with Gasteiger partial charge in [0.05, 0.1) is 0 Å². The summed E-state index contributed by atoms with van der Waals surface area (Å²) in [5, 5.41) is 0. The van der Waals surface area contributed by atoms with Gasteiger partial charge in [-0.2, -0.15) is 0 Å². The minimum absolute atomic E-state index is 0.190. The molecule has 1 aliphatic rings. The Bertz CT molecular complexity index is 430. The van der Waals surface area contributed by atoms with Gasteiger partial charge in [0, 0.05) is 44.3 Å². The third kappa shape index (κ3) is 4.50. The zero-order chi connectivity index (χ0) is 15.2. The number of rotatable bonds is 6.